The SMILES string of the molecule is CN(C(=O)OC1(C(F)(F)F)OC(=O)Nc2ccc(Cl)cc21)c1cccnc1. The van der Waals surface area contributed by atoms with E-state index in [1.807, 2.05) is 0 Å². The number of fused-ring (bicyclic) bond motifs is 1. The molecule has 27 heavy (non-hydrogen) atoms. The van der Waals surface area contributed by atoms with Gasteiger partial charge in [0.2, 0.25) is 0 Å². The van der Waals surface area contributed by atoms with Crippen LogP contribution < -0.4 is 10.2 Å². The summed E-state index contributed by atoms with van der Waals surface area (Å²) in [6.45, 7) is 0. The van der Waals surface area contributed by atoms with E-state index in [9.17, 15) is 22.8 Å². The van der Waals surface area contributed by atoms with Crippen LogP contribution in [-0.2, 0) is 15.3 Å². The number of halogens is 4. The zero-order chi connectivity index (χ0) is 19.8. The second kappa shape index (κ2) is 6.62. The largest absolute Gasteiger partial charge is 0.473 e. The molecule has 2 heterocycles. The van der Waals surface area contributed by atoms with E-state index in [0.29, 0.717) is 0 Å². The van der Waals surface area contributed by atoms with Crippen LogP contribution in [0.1, 0.15) is 5.56 Å². The van der Waals surface area contributed by atoms with Gasteiger partial charge in [0.25, 0.3) is 0 Å². The first-order valence-corrected chi connectivity index (χ1v) is 7.75. The molecule has 1 aromatic carbocycles. The van der Waals surface area contributed by atoms with Gasteiger partial charge in [0, 0.05) is 18.3 Å². The molecule has 1 aliphatic rings. The zero-order valence-electron chi connectivity index (χ0n) is 13.6. The van der Waals surface area contributed by atoms with E-state index in [1.165, 1.54) is 37.6 Å². The second-order valence-corrected chi connectivity index (χ2v) is 5.89. The quantitative estimate of drug-likeness (QED) is 0.812. The molecule has 0 spiro atoms. The Kier molecular flexibility index (Phi) is 4.60. The highest BCUT2D eigenvalue weighted by Gasteiger charge is 2.66. The lowest BCUT2D eigenvalue weighted by Gasteiger charge is -2.38. The number of carbonyl (C=O) groups excluding carboxylic acids is 2. The molecule has 7 nitrogen and oxygen atoms in total. The van der Waals surface area contributed by atoms with Crippen LogP contribution in [0.3, 0.4) is 0 Å². The van der Waals surface area contributed by atoms with Gasteiger partial charge in [-0.3, -0.25) is 15.2 Å². The molecule has 1 aromatic heterocycles. The predicted octanol–water partition coefficient (Wildman–Crippen LogP) is 4.29. The van der Waals surface area contributed by atoms with E-state index in [1.54, 1.807) is 0 Å². The molecule has 0 saturated heterocycles. The van der Waals surface area contributed by atoms with E-state index >= 15 is 0 Å². The van der Waals surface area contributed by atoms with Crippen LogP contribution in [0.15, 0.2) is 42.7 Å². The normalized spacial score (nSPS) is 18.8. The Morgan fingerprint density at radius 1 is 1.37 bits per heavy atom. The second-order valence-electron chi connectivity index (χ2n) is 5.46. The van der Waals surface area contributed by atoms with Gasteiger partial charge in [0.05, 0.1) is 23.1 Å². The van der Waals surface area contributed by atoms with E-state index in [0.717, 1.165) is 17.0 Å². The summed E-state index contributed by atoms with van der Waals surface area (Å²) >= 11 is 5.79. The Morgan fingerprint density at radius 2 is 2.11 bits per heavy atom. The van der Waals surface area contributed by atoms with Crippen LogP contribution in [0.5, 0.6) is 0 Å². The van der Waals surface area contributed by atoms with Crippen molar-refractivity contribution in [3.63, 3.8) is 0 Å². The van der Waals surface area contributed by atoms with Gasteiger partial charge < -0.3 is 9.47 Å². The molecule has 3 rings (SSSR count). The Bertz CT molecular complexity index is 894. The maximum atomic E-state index is 14.0. The van der Waals surface area contributed by atoms with Crippen LogP contribution >= 0.6 is 11.6 Å². The van der Waals surface area contributed by atoms with E-state index in [-0.39, 0.29) is 16.4 Å². The monoisotopic (exact) mass is 401 g/mol. The summed E-state index contributed by atoms with van der Waals surface area (Å²) in [6.07, 6.45) is -5.46. The number of hydrogen-bond acceptors (Lipinski definition) is 5. The van der Waals surface area contributed by atoms with Gasteiger partial charge in [-0.1, -0.05) is 11.6 Å². The van der Waals surface area contributed by atoms with Crippen molar-refractivity contribution in [2.45, 2.75) is 12.0 Å². The maximum absolute atomic E-state index is 14.0. The first-order valence-electron chi connectivity index (χ1n) is 7.37. The van der Waals surface area contributed by atoms with Crippen molar-refractivity contribution in [2.75, 3.05) is 17.3 Å². The number of hydrogen-bond donors (Lipinski definition) is 1. The summed E-state index contributed by atoms with van der Waals surface area (Å²) in [5.41, 5.74) is -0.730. The third-order valence-corrected chi connectivity index (χ3v) is 3.96. The van der Waals surface area contributed by atoms with Crippen molar-refractivity contribution < 1.29 is 32.2 Å². The average Bonchev–Trinajstić information content (AvgIpc) is 2.61. The van der Waals surface area contributed by atoms with Crippen LogP contribution in [-0.4, -0.2) is 30.4 Å². The molecule has 2 amide bonds. The van der Waals surface area contributed by atoms with Gasteiger partial charge >= 0.3 is 24.1 Å². The first kappa shape index (κ1) is 18.8. The molecule has 1 N–H and O–H groups in total. The van der Waals surface area contributed by atoms with Crippen molar-refractivity contribution in [1.82, 2.24) is 4.98 Å². The number of nitrogens with zero attached hydrogens (tertiary/aromatic N) is 2. The minimum atomic E-state index is -5.28. The van der Waals surface area contributed by atoms with Crippen molar-refractivity contribution in [3.05, 3.63) is 53.3 Å². The molecule has 0 radical (unpaired) electrons. The zero-order valence-corrected chi connectivity index (χ0v) is 14.3. The molecule has 11 heteroatoms. The third-order valence-electron chi connectivity index (χ3n) is 3.72. The molecule has 1 unspecified atom stereocenters. The molecular formula is C16H11ClF3N3O4. The van der Waals surface area contributed by atoms with Crippen LogP contribution in [0, 0.1) is 0 Å². The fourth-order valence-electron chi connectivity index (χ4n) is 2.41. The first-order chi connectivity index (χ1) is 12.6. The van der Waals surface area contributed by atoms with Crippen LogP contribution in [0.4, 0.5) is 34.1 Å². The van der Waals surface area contributed by atoms with Crippen molar-refractivity contribution in [1.29, 1.82) is 0 Å². The number of amides is 2. The minimum Gasteiger partial charge on any atom is -0.393 e. The minimum absolute atomic E-state index is 0.0706. The van der Waals surface area contributed by atoms with E-state index in [2.05, 4.69) is 15.0 Å². The number of pyridine rings is 1. The molecule has 0 bridgehead atoms. The predicted molar refractivity (Wildman–Crippen MR) is 88.4 cm³/mol. The van der Waals surface area contributed by atoms with Crippen molar-refractivity contribution in [3.8, 4) is 0 Å². The molecule has 0 saturated carbocycles. The van der Waals surface area contributed by atoms with Crippen molar-refractivity contribution in [2.24, 2.45) is 0 Å². The van der Waals surface area contributed by atoms with Crippen LogP contribution in [0.25, 0.3) is 0 Å². The van der Waals surface area contributed by atoms with Gasteiger partial charge in [-0.2, -0.15) is 13.2 Å². The summed E-state index contributed by atoms with van der Waals surface area (Å²) in [7, 11) is 1.19. The lowest BCUT2D eigenvalue weighted by atomic mass is 10.0. The number of nitrogens with one attached hydrogen (secondary N) is 1. The Hall–Kier alpha value is -3.01. The number of benzene rings is 1. The average molecular weight is 402 g/mol. The number of ether oxygens (including phenoxy) is 2. The smallest absolute Gasteiger partial charge is 0.393 e. The number of carbonyl (C=O) groups is 2. The number of aromatic nitrogens is 1. The standard InChI is InChI=1S/C16H11ClF3N3O4/c1-23(10-3-2-6-21-8-10)14(25)27-15(16(18,19)20)11-7-9(17)4-5-12(11)22-13(24)26-15/h2-8H,1H3,(H,22,24). The van der Waals surface area contributed by atoms with Gasteiger partial charge in [0.15, 0.2) is 0 Å². The Labute approximate surface area is 155 Å². The third kappa shape index (κ3) is 3.35. The van der Waals surface area contributed by atoms with Gasteiger partial charge in [-0.25, -0.2) is 9.59 Å². The van der Waals surface area contributed by atoms with Crippen LogP contribution in [0.2, 0.25) is 5.02 Å². The lowest BCUT2D eigenvalue weighted by Crippen LogP contribution is -2.54. The highest BCUT2D eigenvalue weighted by molar-refractivity contribution is 6.30. The van der Waals surface area contributed by atoms with E-state index in [4.69, 9.17) is 16.3 Å². The summed E-state index contributed by atoms with van der Waals surface area (Å²) in [6, 6.07) is 6.25. The Morgan fingerprint density at radius 3 is 2.74 bits per heavy atom. The summed E-state index contributed by atoms with van der Waals surface area (Å²) in [5.74, 6) is -3.66. The summed E-state index contributed by atoms with van der Waals surface area (Å²) in [5, 5.41) is 2.04. The highest BCUT2D eigenvalue weighted by atomic mass is 35.5. The maximum Gasteiger partial charge on any atom is 0.473 e. The van der Waals surface area contributed by atoms with Crippen molar-refractivity contribution >= 4 is 35.2 Å². The molecule has 1 aliphatic heterocycles. The summed E-state index contributed by atoms with van der Waals surface area (Å²) < 4.78 is 51.0. The van der Waals surface area contributed by atoms with E-state index < -0.39 is 29.7 Å². The Balaban J connectivity index is 2.06. The van der Waals surface area contributed by atoms with Gasteiger partial charge in [-0.15, -0.1) is 0 Å². The number of anilines is 2. The fraction of sp³-hybridized carbons (Fsp3) is 0.188. The molecule has 142 valence electrons. The molecular weight excluding hydrogens is 391 g/mol. The number of cyclic esters (lactones) is 1. The van der Waals surface area contributed by atoms with Gasteiger partial charge in [-0.05, 0) is 30.3 Å². The molecule has 0 aliphatic carbocycles. The van der Waals surface area contributed by atoms with Gasteiger partial charge in [0.1, 0.15) is 0 Å². The highest BCUT2D eigenvalue weighted by Crippen LogP contribution is 2.49. The molecule has 1 atom stereocenters. The molecule has 0 fully saturated rings. The lowest BCUT2D eigenvalue weighted by molar-refractivity contribution is -0.350. The molecule has 2 aromatic rings. The topological polar surface area (TPSA) is 80.8 Å². The number of alkyl halides is 3. The fourth-order valence-corrected chi connectivity index (χ4v) is 2.58. The number of rotatable bonds is 2. The summed E-state index contributed by atoms with van der Waals surface area (Å²) in [4.78, 5) is 28.7.